The molecule has 2 unspecified atom stereocenters. The number of ether oxygens (including phenoxy) is 2. The second-order valence-electron chi connectivity index (χ2n) is 8.26. The van der Waals surface area contributed by atoms with Gasteiger partial charge >= 0.3 is 0 Å². The second kappa shape index (κ2) is 21.0. The van der Waals surface area contributed by atoms with E-state index in [4.69, 9.17) is 14.6 Å². The summed E-state index contributed by atoms with van der Waals surface area (Å²) in [6.45, 7) is 10.6. The van der Waals surface area contributed by atoms with Gasteiger partial charge in [-0.25, -0.2) is 0 Å². The lowest BCUT2D eigenvalue weighted by molar-refractivity contribution is -0.108. The van der Waals surface area contributed by atoms with E-state index in [-0.39, 0.29) is 6.61 Å². The molecular formula is C30H42O4. The molecule has 0 aliphatic heterocycles. The molecule has 2 aromatic rings. The zero-order chi connectivity index (χ0) is 24.7. The number of hydrogen-bond donors (Lipinski definition) is 1. The Morgan fingerprint density at radius 2 is 1.21 bits per heavy atom. The average molecular weight is 467 g/mol. The molecule has 0 heterocycles. The number of hydrogen-bond acceptors (Lipinski definition) is 4. The Hall–Kier alpha value is -2.53. The topological polar surface area (TPSA) is 55.8 Å². The average Bonchev–Trinajstić information content (AvgIpc) is 2.89. The van der Waals surface area contributed by atoms with Gasteiger partial charge in [0.25, 0.3) is 0 Å². The highest BCUT2D eigenvalue weighted by atomic mass is 16.5. The number of carbonyl (C=O) groups is 1. The van der Waals surface area contributed by atoms with Gasteiger partial charge in [-0.3, -0.25) is 0 Å². The van der Waals surface area contributed by atoms with Crippen LogP contribution in [0.15, 0.2) is 86.0 Å². The van der Waals surface area contributed by atoms with Crippen molar-refractivity contribution in [1.82, 2.24) is 0 Å². The Balaban J connectivity index is 0.000000340. The number of aliphatic hydroxyl groups is 1. The lowest BCUT2D eigenvalue weighted by Crippen LogP contribution is -2.04. The molecule has 4 nitrogen and oxygen atoms in total. The quantitative estimate of drug-likeness (QED) is 0.154. The van der Waals surface area contributed by atoms with Crippen molar-refractivity contribution in [3.05, 3.63) is 97.1 Å². The number of aldehydes is 1. The molecule has 0 fully saturated rings. The molecule has 0 bridgehead atoms. The van der Waals surface area contributed by atoms with Crippen LogP contribution in [0.25, 0.3) is 0 Å². The summed E-state index contributed by atoms with van der Waals surface area (Å²) in [6.07, 6.45) is 10.1. The fourth-order valence-electron chi connectivity index (χ4n) is 3.39. The van der Waals surface area contributed by atoms with Gasteiger partial charge in [-0.1, -0.05) is 72.8 Å². The Labute approximate surface area is 206 Å². The SMILES string of the molecule is C=CC(CCC=O)CCOCc1ccccc1.C=CC(CCCO)CCOCc1ccccc1. The molecule has 0 aliphatic rings. The fourth-order valence-corrected chi connectivity index (χ4v) is 3.39. The van der Waals surface area contributed by atoms with E-state index in [1.54, 1.807) is 0 Å². The number of aliphatic hydroxyl groups excluding tert-OH is 1. The maximum absolute atomic E-state index is 10.3. The van der Waals surface area contributed by atoms with Gasteiger partial charge in [-0.05, 0) is 55.1 Å². The Bertz CT molecular complexity index is 745. The third-order valence-electron chi connectivity index (χ3n) is 5.54. The van der Waals surface area contributed by atoms with Crippen molar-refractivity contribution in [2.24, 2.45) is 11.8 Å². The molecule has 0 amide bonds. The summed E-state index contributed by atoms with van der Waals surface area (Å²) < 4.78 is 11.2. The van der Waals surface area contributed by atoms with Gasteiger partial charge in [0, 0.05) is 26.2 Å². The minimum atomic E-state index is 0.259. The van der Waals surface area contributed by atoms with Crippen LogP contribution in [0.1, 0.15) is 49.7 Å². The smallest absolute Gasteiger partial charge is 0.120 e. The standard InChI is InChI=1S/C15H22O2.C15H20O2/c2*1-2-14(9-6-11-16)10-12-17-13-15-7-4-3-5-8-15/h2-5,7-8,14,16H,1,6,9-13H2;2-5,7-8,11,14H,1,6,9-10,12-13H2. The molecule has 0 radical (unpaired) electrons. The zero-order valence-electron chi connectivity index (χ0n) is 20.5. The summed E-state index contributed by atoms with van der Waals surface area (Å²) >= 11 is 0. The van der Waals surface area contributed by atoms with Crippen LogP contribution in [0, 0.1) is 11.8 Å². The fraction of sp³-hybridized carbons (Fsp3) is 0.433. The van der Waals surface area contributed by atoms with Crippen LogP contribution >= 0.6 is 0 Å². The summed E-state index contributed by atoms with van der Waals surface area (Å²) in [4.78, 5) is 10.3. The van der Waals surface area contributed by atoms with Gasteiger partial charge in [-0.2, -0.15) is 0 Å². The Morgan fingerprint density at radius 1 is 0.735 bits per heavy atom. The van der Waals surface area contributed by atoms with Crippen LogP contribution < -0.4 is 0 Å². The van der Waals surface area contributed by atoms with Crippen LogP contribution in [0.5, 0.6) is 0 Å². The third-order valence-corrected chi connectivity index (χ3v) is 5.54. The van der Waals surface area contributed by atoms with E-state index >= 15 is 0 Å². The van der Waals surface area contributed by atoms with Crippen molar-refractivity contribution in [1.29, 1.82) is 0 Å². The molecule has 2 aromatic carbocycles. The molecule has 4 heteroatoms. The predicted octanol–water partition coefficient (Wildman–Crippen LogP) is 6.54. The van der Waals surface area contributed by atoms with Crippen LogP contribution in [-0.4, -0.2) is 31.2 Å². The molecular weight excluding hydrogens is 424 g/mol. The van der Waals surface area contributed by atoms with Crippen molar-refractivity contribution in [3.8, 4) is 0 Å². The van der Waals surface area contributed by atoms with Gasteiger partial charge in [-0.15, -0.1) is 13.2 Å². The van der Waals surface area contributed by atoms with E-state index in [2.05, 4.69) is 37.4 Å². The minimum Gasteiger partial charge on any atom is -0.396 e. The molecule has 0 spiro atoms. The third kappa shape index (κ3) is 15.3. The lowest BCUT2D eigenvalue weighted by atomic mass is 10.0. The molecule has 0 aromatic heterocycles. The molecule has 0 aliphatic carbocycles. The van der Waals surface area contributed by atoms with E-state index < -0.39 is 0 Å². The summed E-state index contributed by atoms with van der Waals surface area (Å²) in [5, 5.41) is 8.77. The molecule has 2 rings (SSSR count). The Kier molecular flexibility index (Phi) is 18.3. The van der Waals surface area contributed by atoms with Gasteiger partial charge in [0.15, 0.2) is 0 Å². The monoisotopic (exact) mass is 466 g/mol. The number of carbonyl (C=O) groups excluding carboxylic acids is 1. The van der Waals surface area contributed by atoms with Crippen molar-refractivity contribution in [2.75, 3.05) is 19.8 Å². The molecule has 186 valence electrons. The van der Waals surface area contributed by atoms with Gasteiger partial charge in [0.05, 0.1) is 13.2 Å². The highest BCUT2D eigenvalue weighted by Gasteiger charge is 2.04. The van der Waals surface area contributed by atoms with Crippen LogP contribution in [0.4, 0.5) is 0 Å². The van der Waals surface area contributed by atoms with Gasteiger partial charge < -0.3 is 19.4 Å². The highest BCUT2D eigenvalue weighted by Crippen LogP contribution is 2.13. The molecule has 0 saturated heterocycles. The second-order valence-corrected chi connectivity index (χ2v) is 8.26. The molecule has 34 heavy (non-hydrogen) atoms. The van der Waals surface area contributed by atoms with Crippen molar-refractivity contribution in [3.63, 3.8) is 0 Å². The normalized spacial score (nSPS) is 12.1. The molecule has 0 saturated carbocycles. The summed E-state index contributed by atoms with van der Waals surface area (Å²) in [5.41, 5.74) is 2.40. The summed E-state index contributed by atoms with van der Waals surface area (Å²) in [7, 11) is 0. The summed E-state index contributed by atoms with van der Waals surface area (Å²) in [6, 6.07) is 20.3. The predicted molar refractivity (Wildman–Crippen MR) is 140 cm³/mol. The highest BCUT2D eigenvalue weighted by molar-refractivity contribution is 5.49. The number of benzene rings is 2. The number of allylic oxidation sites excluding steroid dienone is 2. The largest absolute Gasteiger partial charge is 0.396 e. The van der Waals surface area contributed by atoms with E-state index in [9.17, 15) is 4.79 Å². The van der Waals surface area contributed by atoms with E-state index in [0.717, 1.165) is 45.0 Å². The van der Waals surface area contributed by atoms with Crippen LogP contribution in [0.3, 0.4) is 0 Å². The van der Waals surface area contributed by atoms with Crippen LogP contribution in [0.2, 0.25) is 0 Å². The first-order chi connectivity index (χ1) is 16.7. The van der Waals surface area contributed by atoms with Crippen molar-refractivity contribution < 1.29 is 19.4 Å². The van der Waals surface area contributed by atoms with E-state index in [1.807, 2.05) is 48.6 Å². The lowest BCUT2D eigenvalue weighted by Gasteiger charge is -2.11. The first kappa shape index (κ1) is 29.5. The first-order valence-corrected chi connectivity index (χ1v) is 12.3. The minimum absolute atomic E-state index is 0.259. The summed E-state index contributed by atoms with van der Waals surface area (Å²) in [5.74, 6) is 0.842. The van der Waals surface area contributed by atoms with Crippen molar-refractivity contribution in [2.45, 2.75) is 51.7 Å². The van der Waals surface area contributed by atoms with Gasteiger partial charge in [0.1, 0.15) is 6.29 Å². The zero-order valence-corrected chi connectivity index (χ0v) is 20.5. The first-order valence-electron chi connectivity index (χ1n) is 12.3. The maximum atomic E-state index is 10.3. The van der Waals surface area contributed by atoms with Gasteiger partial charge in [0.2, 0.25) is 0 Å². The van der Waals surface area contributed by atoms with Crippen molar-refractivity contribution >= 4 is 6.29 Å². The molecule has 1 N–H and O–H groups in total. The maximum Gasteiger partial charge on any atom is 0.120 e. The number of rotatable bonds is 18. The van der Waals surface area contributed by atoms with E-state index in [1.165, 1.54) is 11.1 Å². The Morgan fingerprint density at radius 3 is 1.62 bits per heavy atom. The van der Waals surface area contributed by atoms with E-state index in [0.29, 0.717) is 38.1 Å². The molecule has 2 atom stereocenters. The van der Waals surface area contributed by atoms with Crippen LogP contribution in [-0.2, 0) is 27.5 Å².